The summed E-state index contributed by atoms with van der Waals surface area (Å²) < 4.78 is 0. The molecule has 2 aromatic rings. The molecule has 0 bridgehead atoms. The van der Waals surface area contributed by atoms with Crippen LogP contribution in [0.25, 0.3) is 0 Å². The molecule has 0 atom stereocenters. The van der Waals surface area contributed by atoms with Crippen LogP contribution in [-0.2, 0) is 24.2 Å². The van der Waals surface area contributed by atoms with Gasteiger partial charge in [0.15, 0.2) is 0 Å². The fourth-order valence-electron chi connectivity index (χ4n) is 3.28. The van der Waals surface area contributed by atoms with Gasteiger partial charge in [0.1, 0.15) is 0 Å². The molecule has 0 spiro atoms. The topological polar surface area (TPSA) is 63.4 Å². The monoisotopic (exact) mass is 322 g/mol. The number of hydrogen-bond acceptors (Lipinski definition) is 2. The predicted octanol–water partition coefficient (Wildman–Crippen LogP) is 2.69. The van der Waals surface area contributed by atoms with Gasteiger partial charge in [0.05, 0.1) is 0 Å². The maximum atomic E-state index is 12.5. The highest BCUT2D eigenvalue weighted by atomic mass is 16.2. The van der Waals surface area contributed by atoms with Gasteiger partial charge in [-0.25, -0.2) is 0 Å². The van der Waals surface area contributed by atoms with Crippen LogP contribution in [0.4, 0.5) is 0 Å². The molecule has 24 heavy (non-hydrogen) atoms. The quantitative estimate of drug-likeness (QED) is 0.920. The van der Waals surface area contributed by atoms with E-state index >= 15 is 0 Å². The zero-order valence-corrected chi connectivity index (χ0v) is 13.7. The Balaban J connectivity index is 1.55. The second kappa shape index (κ2) is 7.30. The summed E-state index contributed by atoms with van der Waals surface area (Å²) in [5.74, 6) is -0.231. The van der Waals surface area contributed by atoms with E-state index in [2.05, 4.69) is 12.1 Å². The second-order valence-corrected chi connectivity index (χ2v) is 6.21. The maximum Gasteiger partial charge on any atom is 0.248 e. The van der Waals surface area contributed by atoms with E-state index in [-0.39, 0.29) is 5.91 Å². The lowest BCUT2D eigenvalue weighted by Crippen LogP contribution is -2.35. The normalized spacial score (nSPS) is 13.4. The summed E-state index contributed by atoms with van der Waals surface area (Å²) >= 11 is 0. The molecule has 3 rings (SSSR count). The number of nitrogens with zero attached hydrogens (tertiary/aromatic N) is 1. The molecule has 0 saturated heterocycles. The highest BCUT2D eigenvalue weighted by Crippen LogP contribution is 2.20. The highest BCUT2D eigenvalue weighted by molar-refractivity contribution is 5.94. The van der Waals surface area contributed by atoms with Crippen LogP contribution in [0.1, 0.15) is 39.9 Å². The average Bonchev–Trinajstić information content (AvgIpc) is 2.61. The van der Waals surface area contributed by atoms with Crippen LogP contribution in [0.2, 0.25) is 0 Å². The molecule has 0 radical (unpaired) electrons. The van der Waals surface area contributed by atoms with Crippen LogP contribution in [0, 0.1) is 0 Å². The van der Waals surface area contributed by atoms with E-state index in [1.807, 2.05) is 29.2 Å². The van der Waals surface area contributed by atoms with Crippen LogP contribution < -0.4 is 5.73 Å². The molecule has 1 aliphatic rings. The van der Waals surface area contributed by atoms with E-state index in [0.717, 1.165) is 24.9 Å². The number of rotatable bonds is 5. The minimum Gasteiger partial charge on any atom is -0.366 e. The summed E-state index contributed by atoms with van der Waals surface area (Å²) in [6.45, 7) is 1.49. The number of aryl methyl sites for hydroxylation is 1. The molecule has 124 valence electrons. The van der Waals surface area contributed by atoms with Gasteiger partial charge >= 0.3 is 0 Å². The van der Waals surface area contributed by atoms with Gasteiger partial charge in [0.25, 0.3) is 0 Å². The van der Waals surface area contributed by atoms with Gasteiger partial charge in [-0.15, -0.1) is 0 Å². The van der Waals surface area contributed by atoms with E-state index in [1.165, 1.54) is 11.1 Å². The van der Waals surface area contributed by atoms with E-state index in [4.69, 9.17) is 5.73 Å². The first-order valence-corrected chi connectivity index (χ1v) is 8.37. The van der Waals surface area contributed by atoms with E-state index in [9.17, 15) is 9.59 Å². The van der Waals surface area contributed by atoms with Crippen molar-refractivity contribution >= 4 is 11.8 Å². The number of amides is 2. The Bertz CT molecular complexity index is 755. The van der Waals surface area contributed by atoms with Crippen molar-refractivity contribution in [1.82, 2.24) is 4.90 Å². The third-order valence-corrected chi connectivity index (χ3v) is 4.60. The van der Waals surface area contributed by atoms with Crippen LogP contribution >= 0.6 is 0 Å². The van der Waals surface area contributed by atoms with Crippen molar-refractivity contribution in [3.63, 3.8) is 0 Å². The number of nitrogens with two attached hydrogens (primary N) is 1. The molecule has 1 heterocycles. The Morgan fingerprint density at radius 3 is 2.50 bits per heavy atom. The molecule has 2 aromatic carbocycles. The van der Waals surface area contributed by atoms with Gasteiger partial charge in [-0.2, -0.15) is 0 Å². The fourth-order valence-corrected chi connectivity index (χ4v) is 3.28. The number of carbonyl (C=O) groups excluding carboxylic acids is 2. The van der Waals surface area contributed by atoms with Gasteiger partial charge in [0.2, 0.25) is 11.8 Å². The molecular weight excluding hydrogens is 300 g/mol. The van der Waals surface area contributed by atoms with Crippen molar-refractivity contribution in [1.29, 1.82) is 0 Å². The summed E-state index contributed by atoms with van der Waals surface area (Å²) in [6, 6.07) is 15.6. The SMILES string of the molecule is NC(=O)c1ccccc1CCCC(=O)N1CCc2ccccc2C1. The molecule has 4 nitrogen and oxygen atoms in total. The smallest absolute Gasteiger partial charge is 0.248 e. The van der Waals surface area contributed by atoms with Crippen LogP contribution in [0.3, 0.4) is 0 Å². The summed E-state index contributed by atoms with van der Waals surface area (Å²) in [5, 5.41) is 0. The molecular formula is C20H22N2O2. The molecule has 0 unspecified atom stereocenters. The van der Waals surface area contributed by atoms with Crippen LogP contribution in [0.5, 0.6) is 0 Å². The fraction of sp³-hybridized carbons (Fsp3) is 0.300. The molecule has 0 aromatic heterocycles. The molecule has 0 saturated carbocycles. The minimum absolute atomic E-state index is 0.182. The standard InChI is InChI=1S/C20H22N2O2/c21-20(24)18-10-4-3-7-16(18)9-5-11-19(23)22-13-12-15-6-1-2-8-17(15)14-22/h1-4,6-8,10H,5,9,11-14H2,(H2,21,24). The van der Waals surface area contributed by atoms with Crippen LogP contribution in [0.15, 0.2) is 48.5 Å². The van der Waals surface area contributed by atoms with Crippen molar-refractivity contribution in [2.75, 3.05) is 6.54 Å². The van der Waals surface area contributed by atoms with Gasteiger partial charge in [-0.05, 0) is 42.0 Å². The van der Waals surface area contributed by atoms with Crippen molar-refractivity contribution in [2.45, 2.75) is 32.2 Å². The van der Waals surface area contributed by atoms with Gasteiger partial charge in [0, 0.05) is 25.1 Å². The van der Waals surface area contributed by atoms with Crippen molar-refractivity contribution < 1.29 is 9.59 Å². The minimum atomic E-state index is -0.412. The van der Waals surface area contributed by atoms with Crippen molar-refractivity contribution in [2.24, 2.45) is 5.73 Å². The first-order chi connectivity index (χ1) is 11.6. The van der Waals surface area contributed by atoms with Gasteiger partial charge in [-0.1, -0.05) is 42.5 Å². The first kappa shape index (κ1) is 16.2. The second-order valence-electron chi connectivity index (χ2n) is 6.21. The van der Waals surface area contributed by atoms with E-state index in [1.54, 1.807) is 12.1 Å². The first-order valence-electron chi connectivity index (χ1n) is 8.37. The lowest BCUT2D eigenvalue weighted by molar-refractivity contribution is -0.132. The predicted molar refractivity (Wildman–Crippen MR) is 93.5 cm³/mol. The van der Waals surface area contributed by atoms with Crippen molar-refractivity contribution in [3.05, 3.63) is 70.8 Å². The Hall–Kier alpha value is -2.62. The zero-order valence-electron chi connectivity index (χ0n) is 13.7. The zero-order chi connectivity index (χ0) is 16.9. The number of fused-ring (bicyclic) bond motifs is 1. The highest BCUT2D eigenvalue weighted by Gasteiger charge is 2.20. The molecule has 2 amide bonds. The summed E-state index contributed by atoms with van der Waals surface area (Å²) in [5.41, 5.74) is 9.46. The third kappa shape index (κ3) is 3.65. The Morgan fingerprint density at radius 2 is 1.71 bits per heavy atom. The summed E-state index contributed by atoms with van der Waals surface area (Å²) in [6.07, 6.45) is 2.83. The largest absolute Gasteiger partial charge is 0.366 e. The Morgan fingerprint density at radius 1 is 1.00 bits per heavy atom. The Labute approximate surface area is 142 Å². The van der Waals surface area contributed by atoms with Crippen molar-refractivity contribution in [3.8, 4) is 0 Å². The van der Waals surface area contributed by atoms with Gasteiger partial charge < -0.3 is 10.6 Å². The summed E-state index contributed by atoms with van der Waals surface area (Å²) in [4.78, 5) is 25.8. The van der Waals surface area contributed by atoms with E-state index in [0.29, 0.717) is 24.9 Å². The van der Waals surface area contributed by atoms with E-state index < -0.39 is 5.91 Å². The Kier molecular flexibility index (Phi) is 4.94. The molecule has 1 aliphatic heterocycles. The average molecular weight is 322 g/mol. The number of primary amides is 1. The van der Waals surface area contributed by atoms with Crippen LogP contribution in [-0.4, -0.2) is 23.3 Å². The maximum absolute atomic E-state index is 12.5. The molecule has 0 aliphatic carbocycles. The molecule has 0 fully saturated rings. The number of carbonyl (C=O) groups is 2. The number of hydrogen-bond donors (Lipinski definition) is 1. The third-order valence-electron chi connectivity index (χ3n) is 4.60. The summed E-state index contributed by atoms with van der Waals surface area (Å²) in [7, 11) is 0. The molecule has 2 N–H and O–H groups in total. The van der Waals surface area contributed by atoms with Gasteiger partial charge in [-0.3, -0.25) is 9.59 Å². The number of benzene rings is 2. The lowest BCUT2D eigenvalue weighted by Gasteiger charge is -2.29. The molecule has 4 heteroatoms. The lowest BCUT2D eigenvalue weighted by atomic mass is 9.98.